The second-order valence-corrected chi connectivity index (χ2v) is 3.97. The van der Waals surface area contributed by atoms with Crippen molar-refractivity contribution in [3.63, 3.8) is 0 Å². The molecule has 4 nitrogen and oxygen atoms in total. The molecule has 2 amide bonds. The lowest BCUT2D eigenvalue weighted by Gasteiger charge is -2.33. The van der Waals surface area contributed by atoms with Crippen LogP contribution in [-0.4, -0.2) is 29.8 Å². The van der Waals surface area contributed by atoms with Gasteiger partial charge in [-0.05, 0) is 12.5 Å². The number of nitrogens with zero attached hydrogens (tertiary/aromatic N) is 1. The van der Waals surface area contributed by atoms with Gasteiger partial charge in [-0.2, -0.15) is 0 Å². The quantitative estimate of drug-likeness (QED) is 0.706. The second-order valence-electron chi connectivity index (χ2n) is 3.97. The number of carbonyl (C=O) groups is 2. The number of carbonyl (C=O) groups excluding carboxylic acids is 2. The smallest absolute Gasteiger partial charge is 0.250 e. The van der Waals surface area contributed by atoms with Gasteiger partial charge in [0.15, 0.2) is 0 Å². The average molecular weight is 218 g/mol. The van der Waals surface area contributed by atoms with Gasteiger partial charge in [-0.3, -0.25) is 19.8 Å². The monoisotopic (exact) mass is 218 g/mol. The van der Waals surface area contributed by atoms with Crippen LogP contribution in [0.25, 0.3) is 0 Å². The fourth-order valence-electron chi connectivity index (χ4n) is 1.87. The minimum atomic E-state index is -0.418. The van der Waals surface area contributed by atoms with E-state index in [-0.39, 0.29) is 17.9 Å². The number of hydrogen-bond donors (Lipinski definition) is 1. The maximum Gasteiger partial charge on any atom is 0.250 e. The zero-order valence-corrected chi connectivity index (χ0v) is 9.31. The van der Waals surface area contributed by atoms with Gasteiger partial charge in [-0.25, -0.2) is 0 Å². The zero-order chi connectivity index (χ0) is 11.7. The summed E-state index contributed by atoms with van der Waals surface area (Å²) in [6, 6.07) is 8.68. The molecule has 1 N–H and O–H groups in total. The molecular weight excluding hydrogens is 204 g/mol. The number of rotatable bonds is 1. The number of amides is 2. The van der Waals surface area contributed by atoms with Crippen LogP contribution in [0.2, 0.25) is 0 Å². The molecule has 0 aromatic heterocycles. The Balaban J connectivity index is 2.30. The molecular formula is C12H14N2O2. The average Bonchev–Trinajstić information content (AvgIpc) is 2.32. The Morgan fingerprint density at radius 3 is 2.38 bits per heavy atom. The summed E-state index contributed by atoms with van der Waals surface area (Å²) in [5.74, 6) is -0.383. The van der Waals surface area contributed by atoms with E-state index in [1.54, 1.807) is 6.92 Å². The minimum absolute atomic E-state index is 0.183. The summed E-state index contributed by atoms with van der Waals surface area (Å²) in [4.78, 5) is 24.7. The van der Waals surface area contributed by atoms with Crippen molar-refractivity contribution in [2.45, 2.75) is 19.0 Å². The highest BCUT2D eigenvalue weighted by atomic mass is 16.2. The summed E-state index contributed by atoms with van der Waals surface area (Å²) < 4.78 is 0. The molecule has 0 saturated carbocycles. The first kappa shape index (κ1) is 10.8. The molecule has 1 aliphatic rings. The Hall–Kier alpha value is -1.68. The van der Waals surface area contributed by atoms with E-state index in [1.165, 1.54) is 11.9 Å². The first-order valence-electron chi connectivity index (χ1n) is 5.23. The maximum absolute atomic E-state index is 11.9. The summed E-state index contributed by atoms with van der Waals surface area (Å²) in [6.45, 7) is 1.77. The van der Waals surface area contributed by atoms with Crippen LogP contribution in [0.5, 0.6) is 0 Å². The van der Waals surface area contributed by atoms with Gasteiger partial charge in [-0.1, -0.05) is 30.3 Å². The molecule has 4 heteroatoms. The molecule has 2 atom stereocenters. The van der Waals surface area contributed by atoms with Gasteiger partial charge in [0, 0.05) is 7.05 Å². The molecule has 2 rings (SSSR count). The number of piperazine rings is 1. The number of benzene rings is 1. The van der Waals surface area contributed by atoms with Gasteiger partial charge in [0.2, 0.25) is 5.91 Å². The summed E-state index contributed by atoms with van der Waals surface area (Å²) in [6.07, 6.45) is 0. The molecule has 84 valence electrons. The normalized spacial score (nSPS) is 26.0. The van der Waals surface area contributed by atoms with Crippen LogP contribution < -0.4 is 5.32 Å². The third kappa shape index (κ3) is 1.72. The second kappa shape index (κ2) is 4.06. The lowest BCUT2D eigenvalue weighted by Crippen LogP contribution is -2.56. The van der Waals surface area contributed by atoms with Gasteiger partial charge in [0.1, 0.15) is 6.04 Å². The van der Waals surface area contributed by atoms with E-state index in [2.05, 4.69) is 5.32 Å². The summed E-state index contributed by atoms with van der Waals surface area (Å²) in [5, 5.41) is 3.02. The van der Waals surface area contributed by atoms with Gasteiger partial charge in [0.25, 0.3) is 5.91 Å². The number of hydrogen-bond acceptors (Lipinski definition) is 3. The lowest BCUT2D eigenvalue weighted by molar-refractivity contribution is -0.150. The van der Waals surface area contributed by atoms with Crippen LogP contribution in [0.1, 0.15) is 18.5 Å². The Labute approximate surface area is 94.2 Å². The predicted octanol–water partition coefficient (Wildman–Crippen LogP) is 0.704. The summed E-state index contributed by atoms with van der Waals surface area (Å²) in [5.41, 5.74) is 0.888. The highest BCUT2D eigenvalue weighted by Gasteiger charge is 2.36. The van der Waals surface area contributed by atoms with Gasteiger partial charge in [0.05, 0.1) is 6.04 Å². The molecule has 1 aromatic carbocycles. The molecule has 1 aromatic rings. The van der Waals surface area contributed by atoms with E-state index in [1.807, 2.05) is 30.3 Å². The first-order valence-corrected chi connectivity index (χ1v) is 5.23. The minimum Gasteiger partial charge on any atom is -0.291 e. The molecule has 1 fully saturated rings. The van der Waals surface area contributed by atoms with Gasteiger partial charge in [-0.15, -0.1) is 0 Å². The third-order valence-electron chi connectivity index (χ3n) is 2.83. The molecule has 1 heterocycles. The van der Waals surface area contributed by atoms with Crippen molar-refractivity contribution < 1.29 is 9.59 Å². The van der Waals surface area contributed by atoms with E-state index in [9.17, 15) is 9.59 Å². The van der Waals surface area contributed by atoms with Crippen molar-refractivity contribution in [2.75, 3.05) is 7.05 Å². The standard InChI is InChI=1S/C12H14N2O2/c1-8-11(15)14(2)12(16)10(13-8)9-6-4-3-5-7-9/h3-8,10,13H,1-2H3. The fourth-order valence-corrected chi connectivity index (χ4v) is 1.87. The lowest BCUT2D eigenvalue weighted by atomic mass is 10.0. The number of likely N-dealkylation sites (N-methyl/N-ethyl adjacent to an activating group) is 1. The number of nitrogens with one attached hydrogen (secondary N) is 1. The Bertz CT molecular complexity index is 416. The van der Waals surface area contributed by atoms with Crippen molar-refractivity contribution in [3.8, 4) is 0 Å². The van der Waals surface area contributed by atoms with Crippen molar-refractivity contribution in [2.24, 2.45) is 0 Å². The SMILES string of the molecule is CC1NC(c2ccccc2)C(=O)N(C)C1=O. The molecule has 1 aliphatic heterocycles. The fraction of sp³-hybridized carbons (Fsp3) is 0.333. The first-order chi connectivity index (χ1) is 7.61. The molecule has 16 heavy (non-hydrogen) atoms. The predicted molar refractivity (Wildman–Crippen MR) is 59.6 cm³/mol. The molecule has 0 radical (unpaired) electrons. The highest BCUT2D eigenvalue weighted by molar-refractivity contribution is 6.02. The van der Waals surface area contributed by atoms with Crippen LogP contribution in [0.15, 0.2) is 30.3 Å². The number of imide groups is 1. The van der Waals surface area contributed by atoms with E-state index >= 15 is 0 Å². The van der Waals surface area contributed by atoms with Crippen LogP contribution in [0, 0.1) is 0 Å². The summed E-state index contributed by atoms with van der Waals surface area (Å²) >= 11 is 0. The van der Waals surface area contributed by atoms with E-state index in [0.717, 1.165) is 5.56 Å². The van der Waals surface area contributed by atoms with Crippen LogP contribution in [0.3, 0.4) is 0 Å². The molecule has 1 saturated heterocycles. The Morgan fingerprint density at radius 2 is 1.75 bits per heavy atom. The largest absolute Gasteiger partial charge is 0.291 e. The Morgan fingerprint density at radius 1 is 1.12 bits per heavy atom. The van der Waals surface area contributed by atoms with Crippen molar-refractivity contribution >= 4 is 11.8 Å². The topological polar surface area (TPSA) is 49.4 Å². The van der Waals surface area contributed by atoms with Crippen molar-refractivity contribution in [1.29, 1.82) is 0 Å². The van der Waals surface area contributed by atoms with E-state index in [4.69, 9.17) is 0 Å². The zero-order valence-electron chi connectivity index (χ0n) is 9.31. The summed E-state index contributed by atoms with van der Waals surface area (Å²) in [7, 11) is 1.53. The van der Waals surface area contributed by atoms with Gasteiger partial charge >= 0.3 is 0 Å². The van der Waals surface area contributed by atoms with Crippen molar-refractivity contribution in [1.82, 2.24) is 10.2 Å². The highest BCUT2D eigenvalue weighted by Crippen LogP contribution is 2.20. The molecule has 0 aliphatic carbocycles. The molecule has 0 spiro atoms. The Kier molecular flexibility index (Phi) is 2.75. The molecule has 2 unspecified atom stereocenters. The van der Waals surface area contributed by atoms with Crippen LogP contribution in [-0.2, 0) is 9.59 Å². The third-order valence-corrected chi connectivity index (χ3v) is 2.83. The van der Waals surface area contributed by atoms with Crippen LogP contribution in [0.4, 0.5) is 0 Å². The van der Waals surface area contributed by atoms with Crippen LogP contribution >= 0.6 is 0 Å². The van der Waals surface area contributed by atoms with E-state index < -0.39 is 6.04 Å². The van der Waals surface area contributed by atoms with Gasteiger partial charge < -0.3 is 0 Å². The van der Waals surface area contributed by atoms with E-state index in [0.29, 0.717) is 0 Å². The maximum atomic E-state index is 11.9. The molecule has 0 bridgehead atoms. The van der Waals surface area contributed by atoms with Crippen molar-refractivity contribution in [3.05, 3.63) is 35.9 Å².